The molecule has 12 heteroatoms. The maximum Gasteiger partial charge on any atom is 0.262 e. The number of amides is 1. The van der Waals surface area contributed by atoms with Gasteiger partial charge in [-0.1, -0.05) is 12.1 Å². The number of carbonyl (C=O) groups excluding carboxylic acids is 1. The number of benzene rings is 2. The molecule has 0 fully saturated rings. The van der Waals surface area contributed by atoms with Gasteiger partial charge in [0, 0.05) is 23.6 Å². The van der Waals surface area contributed by atoms with Gasteiger partial charge in [0.2, 0.25) is 10.0 Å². The average molecular weight is 490 g/mol. The summed E-state index contributed by atoms with van der Waals surface area (Å²) in [6.45, 7) is 4.85. The van der Waals surface area contributed by atoms with E-state index in [1.54, 1.807) is 19.9 Å². The molecule has 0 aliphatic heterocycles. The minimum Gasteiger partial charge on any atom is -0.305 e. The lowest BCUT2D eigenvalue weighted by molar-refractivity contribution is 0.102. The molecular weight excluding hydrogens is 466 g/mol. The molecule has 0 bridgehead atoms. The average Bonchev–Trinajstić information content (AvgIpc) is 2.70. The van der Waals surface area contributed by atoms with E-state index in [9.17, 15) is 21.6 Å². The molecule has 3 aromatic rings. The Morgan fingerprint density at radius 1 is 0.939 bits per heavy atom. The molecule has 3 rings (SSSR count). The third-order valence-electron chi connectivity index (χ3n) is 4.64. The lowest BCUT2D eigenvalue weighted by atomic mass is 10.1. The Morgan fingerprint density at radius 2 is 1.67 bits per heavy atom. The Kier molecular flexibility index (Phi) is 6.70. The van der Waals surface area contributed by atoms with Crippen molar-refractivity contribution in [2.75, 3.05) is 21.0 Å². The maximum absolute atomic E-state index is 13.2. The second-order valence-electron chi connectivity index (χ2n) is 7.44. The molecule has 0 unspecified atom stereocenters. The van der Waals surface area contributed by atoms with E-state index in [0.717, 1.165) is 6.26 Å². The van der Waals surface area contributed by atoms with E-state index in [1.807, 2.05) is 0 Å². The number of hydrogen-bond acceptors (Lipinski definition) is 7. The van der Waals surface area contributed by atoms with Crippen LogP contribution in [0, 0.1) is 20.8 Å². The van der Waals surface area contributed by atoms with Crippen molar-refractivity contribution < 1.29 is 21.6 Å². The number of carbonyl (C=O) groups is 1. The fourth-order valence-electron chi connectivity index (χ4n) is 3.41. The Balaban J connectivity index is 1.93. The van der Waals surface area contributed by atoms with Crippen molar-refractivity contribution in [3.05, 3.63) is 71.2 Å². The minimum absolute atomic E-state index is 0.0475. The summed E-state index contributed by atoms with van der Waals surface area (Å²) in [5.74, 6) is -0.232. The van der Waals surface area contributed by atoms with Crippen LogP contribution in [-0.2, 0) is 20.0 Å². The van der Waals surface area contributed by atoms with Gasteiger partial charge in [-0.3, -0.25) is 19.2 Å². The molecule has 0 atom stereocenters. The van der Waals surface area contributed by atoms with Crippen LogP contribution >= 0.6 is 0 Å². The SMILES string of the molecule is Cc1cc(C)c(S(=O)(=O)Nc2cccc(C(=O)Nc3cnccn3)c2)c(C)c1NS(C)(=O)=O. The molecule has 0 radical (unpaired) electrons. The zero-order valence-corrected chi connectivity index (χ0v) is 20.0. The van der Waals surface area contributed by atoms with Crippen molar-refractivity contribution in [2.45, 2.75) is 25.7 Å². The van der Waals surface area contributed by atoms with E-state index in [-0.39, 0.29) is 33.2 Å². The molecule has 10 nitrogen and oxygen atoms in total. The zero-order chi connectivity index (χ0) is 24.4. The fraction of sp³-hybridized carbons (Fsp3) is 0.190. The molecule has 1 aromatic heterocycles. The van der Waals surface area contributed by atoms with E-state index >= 15 is 0 Å². The second-order valence-corrected chi connectivity index (χ2v) is 10.8. The molecular formula is C21H23N5O5S2. The zero-order valence-electron chi connectivity index (χ0n) is 18.4. The Bertz CT molecular complexity index is 1420. The van der Waals surface area contributed by atoms with Gasteiger partial charge in [-0.25, -0.2) is 21.8 Å². The fourth-order valence-corrected chi connectivity index (χ4v) is 5.62. The Morgan fingerprint density at radius 3 is 2.30 bits per heavy atom. The summed E-state index contributed by atoms with van der Waals surface area (Å²) in [5, 5.41) is 2.58. The molecule has 0 aliphatic rings. The van der Waals surface area contributed by atoms with Crippen LogP contribution in [0.5, 0.6) is 0 Å². The molecule has 174 valence electrons. The van der Waals surface area contributed by atoms with Crippen LogP contribution in [0.15, 0.2) is 53.8 Å². The summed E-state index contributed by atoms with van der Waals surface area (Å²) in [7, 11) is -7.73. The summed E-state index contributed by atoms with van der Waals surface area (Å²) in [4.78, 5) is 20.3. The predicted molar refractivity (Wildman–Crippen MR) is 126 cm³/mol. The topological polar surface area (TPSA) is 147 Å². The lowest BCUT2D eigenvalue weighted by Crippen LogP contribution is -2.19. The van der Waals surface area contributed by atoms with Crippen LogP contribution in [0.3, 0.4) is 0 Å². The molecule has 0 aliphatic carbocycles. The van der Waals surface area contributed by atoms with Crippen molar-refractivity contribution in [3.63, 3.8) is 0 Å². The number of nitrogens with zero attached hydrogens (tertiary/aromatic N) is 2. The summed E-state index contributed by atoms with van der Waals surface area (Å²) < 4.78 is 54.8. The van der Waals surface area contributed by atoms with Gasteiger partial charge in [-0.05, 0) is 55.7 Å². The lowest BCUT2D eigenvalue weighted by Gasteiger charge is -2.19. The van der Waals surface area contributed by atoms with Crippen molar-refractivity contribution in [1.29, 1.82) is 0 Å². The molecule has 1 heterocycles. The first-order chi connectivity index (χ1) is 15.4. The number of rotatable bonds is 7. The molecule has 33 heavy (non-hydrogen) atoms. The molecule has 0 spiro atoms. The van der Waals surface area contributed by atoms with Crippen molar-refractivity contribution in [1.82, 2.24) is 9.97 Å². The first-order valence-corrected chi connectivity index (χ1v) is 13.0. The Labute approximate surface area is 192 Å². The summed E-state index contributed by atoms with van der Waals surface area (Å²) in [6, 6.07) is 7.55. The quantitative estimate of drug-likeness (QED) is 0.462. The molecule has 2 aromatic carbocycles. The van der Waals surface area contributed by atoms with Crippen molar-refractivity contribution in [2.24, 2.45) is 0 Å². The number of nitrogens with one attached hydrogen (secondary N) is 3. The highest BCUT2D eigenvalue weighted by molar-refractivity contribution is 7.93. The molecule has 0 saturated heterocycles. The maximum atomic E-state index is 13.2. The van der Waals surface area contributed by atoms with Crippen LogP contribution in [0.4, 0.5) is 17.2 Å². The second kappa shape index (κ2) is 9.16. The monoisotopic (exact) mass is 489 g/mol. The highest BCUT2D eigenvalue weighted by Gasteiger charge is 2.24. The number of aromatic nitrogens is 2. The van der Waals surface area contributed by atoms with E-state index in [0.29, 0.717) is 11.1 Å². The number of anilines is 3. The van der Waals surface area contributed by atoms with Crippen LogP contribution in [0.2, 0.25) is 0 Å². The summed E-state index contributed by atoms with van der Waals surface area (Å²) >= 11 is 0. The highest BCUT2D eigenvalue weighted by Crippen LogP contribution is 2.32. The van der Waals surface area contributed by atoms with Crippen LogP contribution < -0.4 is 14.8 Å². The highest BCUT2D eigenvalue weighted by atomic mass is 32.2. The van der Waals surface area contributed by atoms with E-state index in [2.05, 4.69) is 24.7 Å². The minimum atomic E-state index is -4.11. The van der Waals surface area contributed by atoms with Gasteiger partial charge in [0.25, 0.3) is 15.9 Å². The number of aryl methyl sites for hydroxylation is 2. The predicted octanol–water partition coefficient (Wildman–Crippen LogP) is 2.83. The number of hydrogen-bond donors (Lipinski definition) is 3. The first-order valence-electron chi connectivity index (χ1n) is 9.66. The van der Waals surface area contributed by atoms with Gasteiger partial charge in [0.15, 0.2) is 5.82 Å². The smallest absolute Gasteiger partial charge is 0.262 e. The van der Waals surface area contributed by atoms with Gasteiger partial charge < -0.3 is 5.32 Å². The van der Waals surface area contributed by atoms with Gasteiger partial charge in [0.05, 0.1) is 23.0 Å². The van der Waals surface area contributed by atoms with E-state index < -0.39 is 26.0 Å². The molecule has 3 N–H and O–H groups in total. The van der Waals surface area contributed by atoms with Gasteiger partial charge in [-0.2, -0.15) is 0 Å². The van der Waals surface area contributed by atoms with Crippen molar-refractivity contribution >= 4 is 43.1 Å². The third kappa shape index (κ3) is 5.84. The normalized spacial score (nSPS) is 11.6. The number of sulfonamides is 2. The van der Waals surface area contributed by atoms with Crippen LogP contribution in [0.1, 0.15) is 27.0 Å². The summed E-state index contributed by atoms with van der Waals surface area (Å²) in [5.41, 5.74) is 1.89. The van der Waals surface area contributed by atoms with Crippen molar-refractivity contribution in [3.8, 4) is 0 Å². The Hall–Kier alpha value is -3.51. The standard InChI is InChI=1S/C21H23N5O5S2/c1-13-10-14(2)20(15(3)19(13)26-32(4,28)29)33(30,31)25-17-7-5-6-16(11-17)21(27)24-18-12-22-8-9-23-18/h5-12,25-26H,1-4H3,(H,23,24,27). The summed E-state index contributed by atoms with van der Waals surface area (Å²) in [6.07, 6.45) is 5.28. The van der Waals surface area contributed by atoms with Gasteiger partial charge in [-0.15, -0.1) is 0 Å². The van der Waals surface area contributed by atoms with Crippen LogP contribution in [0.25, 0.3) is 0 Å². The van der Waals surface area contributed by atoms with Gasteiger partial charge >= 0.3 is 0 Å². The third-order valence-corrected chi connectivity index (χ3v) is 6.88. The van der Waals surface area contributed by atoms with Crippen LogP contribution in [-0.4, -0.2) is 39.0 Å². The van der Waals surface area contributed by atoms with E-state index in [4.69, 9.17) is 0 Å². The largest absolute Gasteiger partial charge is 0.305 e. The van der Waals surface area contributed by atoms with E-state index in [1.165, 1.54) is 49.8 Å². The molecule has 0 saturated carbocycles. The van der Waals surface area contributed by atoms with Gasteiger partial charge in [0.1, 0.15) is 0 Å². The molecule has 1 amide bonds. The first kappa shape index (κ1) is 24.1.